The SMILES string of the molecule is C[N]C1CCCNC1. The third-order valence-electron chi connectivity index (χ3n) is 1.64. The predicted octanol–water partition coefficient (Wildman–Crippen LogP) is -0.0274. The Labute approximate surface area is 50.7 Å². The molecular formula is C6H13N2. The van der Waals surface area contributed by atoms with Crippen molar-refractivity contribution in [2.45, 2.75) is 18.9 Å². The van der Waals surface area contributed by atoms with Gasteiger partial charge in [-0.25, -0.2) is 5.32 Å². The molecule has 1 atom stereocenters. The molecule has 8 heavy (non-hydrogen) atoms. The summed E-state index contributed by atoms with van der Waals surface area (Å²) in [6.45, 7) is 2.28. The summed E-state index contributed by atoms with van der Waals surface area (Å²) in [5.41, 5.74) is 0. The third-order valence-corrected chi connectivity index (χ3v) is 1.64. The highest BCUT2D eigenvalue weighted by Crippen LogP contribution is 2.00. The standard InChI is InChI=1S/C6H13N2/c1-7-6-3-2-4-8-5-6/h6,8H,2-5H2,1H3. The summed E-state index contributed by atoms with van der Waals surface area (Å²) in [5.74, 6) is 0. The zero-order valence-electron chi connectivity index (χ0n) is 5.35. The van der Waals surface area contributed by atoms with Gasteiger partial charge in [0.1, 0.15) is 0 Å². The molecule has 0 aromatic carbocycles. The number of rotatable bonds is 1. The van der Waals surface area contributed by atoms with E-state index in [-0.39, 0.29) is 0 Å². The topological polar surface area (TPSA) is 26.1 Å². The van der Waals surface area contributed by atoms with Gasteiger partial charge < -0.3 is 5.32 Å². The second-order valence-electron chi connectivity index (χ2n) is 2.26. The van der Waals surface area contributed by atoms with Crippen LogP contribution in [0.2, 0.25) is 0 Å². The van der Waals surface area contributed by atoms with E-state index in [0.29, 0.717) is 6.04 Å². The molecule has 1 unspecified atom stereocenters. The van der Waals surface area contributed by atoms with Gasteiger partial charge in [-0.2, -0.15) is 0 Å². The lowest BCUT2D eigenvalue weighted by atomic mass is 10.1. The number of nitrogens with one attached hydrogen (secondary N) is 1. The van der Waals surface area contributed by atoms with E-state index in [0.717, 1.165) is 6.54 Å². The highest BCUT2D eigenvalue weighted by molar-refractivity contribution is 4.72. The lowest BCUT2D eigenvalue weighted by molar-refractivity contribution is 0.407. The number of hydrogen-bond donors (Lipinski definition) is 1. The third kappa shape index (κ3) is 1.46. The van der Waals surface area contributed by atoms with E-state index in [2.05, 4.69) is 10.6 Å². The summed E-state index contributed by atoms with van der Waals surface area (Å²) in [5, 5.41) is 7.48. The first kappa shape index (κ1) is 6.05. The van der Waals surface area contributed by atoms with Gasteiger partial charge in [-0.1, -0.05) is 0 Å². The molecule has 2 heteroatoms. The molecule has 0 bridgehead atoms. The van der Waals surface area contributed by atoms with Crippen molar-refractivity contribution in [2.75, 3.05) is 20.1 Å². The lowest BCUT2D eigenvalue weighted by Gasteiger charge is -2.20. The number of hydrogen-bond acceptors (Lipinski definition) is 1. The van der Waals surface area contributed by atoms with Gasteiger partial charge in [0.15, 0.2) is 0 Å². The second-order valence-corrected chi connectivity index (χ2v) is 2.26. The second kappa shape index (κ2) is 3.05. The van der Waals surface area contributed by atoms with Crippen molar-refractivity contribution in [3.63, 3.8) is 0 Å². The molecule has 0 aromatic heterocycles. The van der Waals surface area contributed by atoms with Gasteiger partial charge in [-0.05, 0) is 19.4 Å². The molecule has 0 aromatic rings. The van der Waals surface area contributed by atoms with E-state index < -0.39 is 0 Å². The molecule has 1 aliphatic rings. The molecule has 47 valence electrons. The summed E-state index contributed by atoms with van der Waals surface area (Å²) >= 11 is 0. The van der Waals surface area contributed by atoms with Crippen LogP contribution in [0.5, 0.6) is 0 Å². The molecule has 1 saturated heterocycles. The van der Waals surface area contributed by atoms with Crippen LogP contribution in [0.3, 0.4) is 0 Å². The first-order valence-corrected chi connectivity index (χ1v) is 3.23. The summed E-state index contributed by atoms with van der Waals surface area (Å²) < 4.78 is 0. The maximum absolute atomic E-state index is 4.19. The van der Waals surface area contributed by atoms with Crippen molar-refractivity contribution in [3.05, 3.63) is 0 Å². The normalized spacial score (nSPS) is 30.4. The van der Waals surface area contributed by atoms with Crippen molar-refractivity contribution >= 4 is 0 Å². The minimum atomic E-state index is 0.601. The Morgan fingerprint density at radius 1 is 1.62 bits per heavy atom. The average Bonchev–Trinajstić information content (AvgIpc) is 1.90. The molecule has 0 spiro atoms. The van der Waals surface area contributed by atoms with Crippen molar-refractivity contribution in [1.82, 2.24) is 10.6 Å². The van der Waals surface area contributed by atoms with Gasteiger partial charge in [0.2, 0.25) is 0 Å². The molecule has 0 amide bonds. The van der Waals surface area contributed by atoms with Crippen LogP contribution in [0.4, 0.5) is 0 Å². The van der Waals surface area contributed by atoms with E-state index in [9.17, 15) is 0 Å². The fourth-order valence-corrected chi connectivity index (χ4v) is 1.05. The summed E-state index contributed by atoms with van der Waals surface area (Å²) in [7, 11) is 1.90. The Bertz CT molecular complexity index is 57.5. The Balaban J connectivity index is 2.13. The van der Waals surface area contributed by atoms with E-state index in [4.69, 9.17) is 0 Å². The molecule has 0 aliphatic carbocycles. The number of likely N-dealkylation sites (N-methyl/N-ethyl adjacent to an activating group) is 1. The maximum Gasteiger partial charge on any atom is 0.0368 e. The number of nitrogens with zero attached hydrogens (tertiary/aromatic N) is 1. The largest absolute Gasteiger partial charge is 0.315 e. The lowest BCUT2D eigenvalue weighted by Crippen LogP contribution is -2.38. The minimum absolute atomic E-state index is 0.601. The van der Waals surface area contributed by atoms with Crippen LogP contribution in [0.15, 0.2) is 0 Å². The highest BCUT2D eigenvalue weighted by Gasteiger charge is 2.09. The molecule has 1 fully saturated rings. The van der Waals surface area contributed by atoms with Gasteiger partial charge in [-0.15, -0.1) is 0 Å². The first-order chi connectivity index (χ1) is 3.93. The Kier molecular flexibility index (Phi) is 2.30. The van der Waals surface area contributed by atoms with Gasteiger partial charge in [0.05, 0.1) is 0 Å². The van der Waals surface area contributed by atoms with Crippen molar-refractivity contribution < 1.29 is 0 Å². The van der Waals surface area contributed by atoms with Crippen LogP contribution in [-0.2, 0) is 0 Å². The zero-order chi connectivity index (χ0) is 5.82. The summed E-state index contributed by atoms with van der Waals surface area (Å²) in [6, 6.07) is 0.601. The highest BCUT2D eigenvalue weighted by atomic mass is 15.0. The van der Waals surface area contributed by atoms with Crippen LogP contribution < -0.4 is 10.6 Å². The van der Waals surface area contributed by atoms with Gasteiger partial charge >= 0.3 is 0 Å². The van der Waals surface area contributed by atoms with E-state index in [1.165, 1.54) is 19.4 Å². The maximum atomic E-state index is 4.19. The van der Waals surface area contributed by atoms with Crippen LogP contribution in [0.25, 0.3) is 0 Å². The Hall–Kier alpha value is -0.0800. The van der Waals surface area contributed by atoms with Crippen LogP contribution in [-0.4, -0.2) is 26.2 Å². The van der Waals surface area contributed by atoms with E-state index in [1.54, 1.807) is 0 Å². The monoisotopic (exact) mass is 113 g/mol. The Morgan fingerprint density at radius 2 is 2.50 bits per heavy atom. The molecule has 2 nitrogen and oxygen atoms in total. The zero-order valence-corrected chi connectivity index (χ0v) is 5.35. The van der Waals surface area contributed by atoms with Crippen LogP contribution in [0, 0.1) is 0 Å². The molecule has 1 radical (unpaired) electrons. The predicted molar refractivity (Wildman–Crippen MR) is 33.9 cm³/mol. The fourth-order valence-electron chi connectivity index (χ4n) is 1.05. The van der Waals surface area contributed by atoms with Crippen LogP contribution >= 0.6 is 0 Å². The van der Waals surface area contributed by atoms with Crippen molar-refractivity contribution in [1.29, 1.82) is 0 Å². The van der Waals surface area contributed by atoms with Crippen molar-refractivity contribution in [3.8, 4) is 0 Å². The van der Waals surface area contributed by atoms with Crippen LogP contribution in [0.1, 0.15) is 12.8 Å². The molecular weight excluding hydrogens is 100 g/mol. The fraction of sp³-hybridized carbons (Fsp3) is 1.00. The molecule has 1 heterocycles. The van der Waals surface area contributed by atoms with E-state index >= 15 is 0 Å². The summed E-state index contributed by atoms with van der Waals surface area (Å²) in [4.78, 5) is 0. The summed E-state index contributed by atoms with van der Waals surface area (Å²) in [6.07, 6.45) is 2.57. The Morgan fingerprint density at radius 3 is 2.88 bits per heavy atom. The molecule has 1 aliphatic heterocycles. The quantitative estimate of drug-likeness (QED) is 0.508. The van der Waals surface area contributed by atoms with Gasteiger partial charge in [0.25, 0.3) is 0 Å². The average molecular weight is 113 g/mol. The number of piperidine rings is 1. The minimum Gasteiger partial charge on any atom is -0.315 e. The molecule has 1 rings (SSSR count). The first-order valence-electron chi connectivity index (χ1n) is 3.23. The van der Waals surface area contributed by atoms with Crippen molar-refractivity contribution in [2.24, 2.45) is 0 Å². The van der Waals surface area contributed by atoms with Gasteiger partial charge in [0, 0.05) is 19.6 Å². The molecule has 1 N–H and O–H groups in total. The van der Waals surface area contributed by atoms with E-state index in [1.807, 2.05) is 7.05 Å². The molecule has 0 saturated carbocycles. The van der Waals surface area contributed by atoms with Gasteiger partial charge in [-0.3, -0.25) is 0 Å². The smallest absolute Gasteiger partial charge is 0.0368 e.